The van der Waals surface area contributed by atoms with Crippen LogP contribution in [0.4, 0.5) is 0 Å². The molecule has 0 spiro atoms. The van der Waals surface area contributed by atoms with Gasteiger partial charge in [-0.15, -0.1) is 11.3 Å². The highest BCUT2D eigenvalue weighted by Crippen LogP contribution is 2.59. The Morgan fingerprint density at radius 3 is 2.82 bits per heavy atom. The van der Waals surface area contributed by atoms with Crippen molar-refractivity contribution in [1.29, 1.82) is 0 Å². The number of thioether (sulfide) groups is 1. The number of para-hydroxylation sites is 2. The van der Waals surface area contributed by atoms with Crippen molar-refractivity contribution < 1.29 is 19.8 Å². The normalized spacial score (nSPS) is 28.0. The molecule has 0 aliphatic heterocycles. The first-order valence-corrected chi connectivity index (χ1v) is 10.8. The Morgan fingerprint density at radius 1 is 1.36 bits per heavy atom. The number of carboxylic acids is 1. The van der Waals surface area contributed by atoms with Gasteiger partial charge in [0.15, 0.2) is 4.96 Å². The molecule has 2 aromatic heterocycles. The molecule has 144 valence electrons. The smallest absolute Gasteiger partial charge is 0.333 e. The fourth-order valence-electron chi connectivity index (χ4n) is 4.76. The van der Waals surface area contributed by atoms with Crippen LogP contribution in [-0.2, 0) is 9.59 Å². The number of hydrogen-bond donors (Lipinski definition) is 2. The van der Waals surface area contributed by atoms with E-state index in [1.807, 2.05) is 41.0 Å². The summed E-state index contributed by atoms with van der Waals surface area (Å²) >= 11 is 2.92. The van der Waals surface area contributed by atoms with E-state index in [0.29, 0.717) is 0 Å². The van der Waals surface area contributed by atoms with Crippen molar-refractivity contribution in [2.24, 2.45) is 23.7 Å². The molecule has 2 aliphatic carbocycles. The number of hydrogen-bond acceptors (Lipinski definition) is 6. The molecular weight excluding hydrogens is 396 g/mol. The molecule has 28 heavy (non-hydrogen) atoms. The number of thiazole rings is 1. The van der Waals surface area contributed by atoms with Gasteiger partial charge in [0.1, 0.15) is 5.78 Å². The molecule has 0 saturated heterocycles. The molecule has 1 fully saturated rings. The van der Waals surface area contributed by atoms with Crippen LogP contribution >= 0.6 is 23.1 Å². The van der Waals surface area contributed by atoms with Gasteiger partial charge in [0.2, 0.25) is 0 Å². The van der Waals surface area contributed by atoms with Crippen LogP contribution in [0.15, 0.2) is 45.1 Å². The highest BCUT2D eigenvalue weighted by molar-refractivity contribution is 8.03. The van der Waals surface area contributed by atoms with Crippen LogP contribution in [-0.4, -0.2) is 37.5 Å². The number of allylic oxidation sites excluding steroid dienone is 1. The van der Waals surface area contributed by atoms with Gasteiger partial charge in [-0.05, 0) is 30.9 Å². The summed E-state index contributed by atoms with van der Waals surface area (Å²) in [5.74, 6) is -2.52. The summed E-state index contributed by atoms with van der Waals surface area (Å²) in [6.45, 7) is 3.57. The molecule has 3 aromatic rings. The highest BCUT2D eigenvalue weighted by Gasteiger charge is 2.61. The fraction of sp³-hybridized carbons (Fsp3) is 0.350. The molecule has 2 aliphatic rings. The van der Waals surface area contributed by atoms with Crippen LogP contribution in [0.2, 0.25) is 0 Å². The van der Waals surface area contributed by atoms with Crippen LogP contribution in [0.5, 0.6) is 0 Å². The summed E-state index contributed by atoms with van der Waals surface area (Å²) in [4.78, 5) is 30.8. The zero-order valence-electron chi connectivity index (χ0n) is 15.2. The number of carbonyl (C=O) groups is 2. The number of imidazole rings is 1. The summed E-state index contributed by atoms with van der Waals surface area (Å²) < 4.78 is 2.04. The van der Waals surface area contributed by atoms with Crippen LogP contribution < -0.4 is 0 Å². The molecule has 0 radical (unpaired) electrons. The number of carboxylic acid groups (broad SMARTS) is 1. The molecule has 2 heterocycles. The highest BCUT2D eigenvalue weighted by atomic mass is 32.2. The Labute approximate surface area is 168 Å². The second-order valence-electron chi connectivity index (χ2n) is 7.49. The molecule has 1 unspecified atom stereocenters. The van der Waals surface area contributed by atoms with Crippen LogP contribution in [0, 0.1) is 23.7 Å². The lowest BCUT2D eigenvalue weighted by Gasteiger charge is -2.43. The average molecular weight is 415 g/mol. The number of ketones is 1. The Bertz CT molecular complexity index is 1180. The van der Waals surface area contributed by atoms with Crippen molar-refractivity contribution in [3.8, 4) is 0 Å². The Hall–Kier alpha value is -2.16. The lowest BCUT2D eigenvalue weighted by Crippen LogP contribution is -2.53. The summed E-state index contributed by atoms with van der Waals surface area (Å²) in [6.07, 6.45) is -0.763. The average Bonchev–Trinajstić information content (AvgIpc) is 3.26. The fourth-order valence-corrected chi connectivity index (χ4v) is 7.09. The maximum Gasteiger partial charge on any atom is 0.333 e. The van der Waals surface area contributed by atoms with E-state index in [0.717, 1.165) is 25.9 Å². The Balaban J connectivity index is 1.61. The number of aliphatic hydroxyl groups is 1. The van der Waals surface area contributed by atoms with Gasteiger partial charge in [0.05, 0.1) is 33.7 Å². The third-order valence-corrected chi connectivity index (χ3v) is 8.28. The minimum atomic E-state index is -1.04. The largest absolute Gasteiger partial charge is 0.478 e. The van der Waals surface area contributed by atoms with Gasteiger partial charge in [0, 0.05) is 16.2 Å². The number of fused-ring (bicyclic) bond motifs is 4. The van der Waals surface area contributed by atoms with E-state index in [2.05, 4.69) is 4.98 Å². The van der Waals surface area contributed by atoms with E-state index in [1.165, 1.54) is 23.1 Å². The van der Waals surface area contributed by atoms with Crippen molar-refractivity contribution in [2.45, 2.75) is 25.0 Å². The molecule has 2 N–H and O–H groups in total. The lowest BCUT2D eigenvalue weighted by atomic mass is 9.59. The second-order valence-corrected chi connectivity index (χ2v) is 9.39. The maximum absolute atomic E-state index is 12.6. The third kappa shape index (κ3) is 2.28. The molecule has 1 aromatic carbocycles. The van der Waals surface area contributed by atoms with E-state index in [1.54, 1.807) is 6.92 Å². The molecule has 8 heteroatoms. The van der Waals surface area contributed by atoms with Crippen molar-refractivity contribution in [1.82, 2.24) is 9.38 Å². The van der Waals surface area contributed by atoms with Gasteiger partial charge in [-0.2, -0.15) is 0 Å². The zero-order chi connectivity index (χ0) is 19.7. The monoisotopic (exact) mass is 414 g/mol. The standard InChI is InChI=1S/C20H18N2O4S2/c1-8-13-14(9(2)23)17(24)15(13)16(19(25)26)18(8)28-12-7-27-20-21-10-5-3-4-6-11(10)22(12)20/h3-9,13-15,23H,1-2H3,(H,25,26)/t8-,9+,13-,14-,15?/m1/s1. The Morgan fingerprint density at radius 2 is 2.11 bits per heavy atom. The number of rotatable bonds is 4. The molecule has 5 rings (SSSR count). The molecule has 5 atom stereocenters. The minimum Gasteiger partial charge on any atom is -0.478 e. The number of aliphatic carboxylic acids is 1. The lowest BCUT2D eigenvalue weighted by molar-refractivity contribution is -0.151. The van der Waals surface area contributed by atoms with Gasteiger partial charge in [-0.1, -0.05) is 30.8 Å². The quantitative estimate of drug-likeness (QED) is 0.679. The number of aliphatic hydroxyl groups excluding tert-OH is 1. The number of nitrogens with zero attached hydrogens (tertiary/aromatic N) is 2. The molecule has 0 amide bonds. The van der Waals surface area contributed by atoms with Crippen molar-refractivity contribution in [3.63, 3.8) is 0 Å². The van der Waals surface area contributed by atoms with Crippen LogP contribution in [0.3, 0.4) is 0 Å². The molecule has 1 saturated carbocycles. The number of carbonyl (C=O) groups excluding carboxylic acids is 1. The van der Waals surface area contributed by atoms with E-state index < -0.39 is 23.9 Å². The summed E-state index contributed by atoms with van der Waals surface area (Å²) in [5, 5.41) is 22.7. The third-order valence-electron chi connectivity index (χ3n) is 5.98. The predicted octanol–water partition coefficient (Wildman–Crippen LogP) is 3.44. The maximum atomic E-state index is 12.6. The van der Waals surface area contributed by atoms with Gasteiger partial charge in [-0.25, -0.2) is 9.78 Å². The minimum absolute atomic E-state index is 0.0943. The Kier molecular flexibility index (Phi) is 3.94. The molecule has 6 nitrogen and oxygen atoms in total. The van der Waals surface area contributed by atoms with E-state index in [9.17, 15) is 19.8 Å². The van der Waals surface area contributed by atoms with Crippen LogP contribution in [0.25, 0.3) is 16.0 Å². The first kappa shape index (κ1) is 17.9. The zero-order valence-corrected chi connectivity index (χ0v) is 16.8. The summed E-state index contributed by atoms with van der Waals surface area (Å²) in [5.41, 5.74) is 2.07. The van der Waals surface area contributed by atoms with Crippen molar-refractivity contribution in [2.75, 3.05) is 0 Å². The van der Waals surface area contributed by atoms with Gasteiger partial charge < -0.3 is 10.2 Å². The van der Waals surface area contributed by atoms with Crippen molar-refractivity contribution >= 4 is 50.8 Å². The summed E-state index contributed by atoms with van der Waals surface area (Å²) in [7, 11) is 0. The van der Waals surface area contributed by atoms with Gasteiger partial charge in [-0.3, -0.25) is 9.20 Å². The van der Waals surface area contributed by atoms with Crippen molar-refractivity contribution in [3.05, 3.63) is 40.1 Å². The number of Topliss-reactive ketones (excluding diaryl/α,β-unsaturated/α-hetero) is 1. The van der Waals surface area contributed by atoms with E-state index >= 15 is 0 Å². The second kappa shape index (κ2) is 6.17. The number of aromatic nitrogens is 2. The van der Waals surface area contributed by atoms with Gasteiger partial charge in [0.25, 0.3) is 0 Å². The number of benzene rings is 1. The van der Waals surface area contributed by atoms with Crippen LogP contribution in [0.1, 0.15) is 13.8 Å². The molecule has 0 bridgehead atoms. The first-order valence-electron chi connectivity index (χ1n) is 9.11. The molecular formula is C20H18N2O4S2. The summed E-state index contributed by atoms with van der Waals surface area (Å²) in [6, 6.07) is 7.84. The van der Waals surface area contributed by atoms with E-state index in [4.69, 9.17) is 0 Å². The van der Waals surface area contributed by atoms with E-state index in [-0.39, 0.29) is 23.2 Å². The van der Waals surface area contributed by atoms with Gasteiger partial charge >= 0.3 is 5.97 Å². The topological polar surface area (TPSA) is 91.9 Å². The predicted molar refractivity (Wildman–Crippen MR) is 107 cm³/mol. The SMILES string of the molecule is C[C@H](O)[C@H]1C(=O)C2C(C(=O)O)=C(Sc3csc4nc5ccccc5n34)[C@H](C)[C@@H]21. The first-order chi connectivity index (χ1) is 13.4.